The first-order chi connectivity index (χ1) is 10.3. The minimum absolute atomic E-state index is 0.247. The van der Waals surface area contributed by atoms with Crippen LogP contribution < -0.4 is 5.32 Å². The Balaban J connectivity index is 1.55. The fourth-order valence-electron chi connectivity index (χ4n) is 5.11. The molecule has 3 fully saturated rings. The SMILES string of the molecule is O=C(N[C@H]1C[C@H]2CC[C@@H]1C2)C1(c2ccccc2)CCCC1. The molecule has 3 aliphatic carbocycles. The smallest absolute Gasteiger partial charge is 0.230 e. The molecule has 0 saturated heterocycles. The fraction of sp³-hybridized carbons (Fsp3) is 0.632. The Bertz CT molecular complexity index is 518. The van der Waals surface area contributed by atoms with Gasteiger partial charge in [0.25, 0.3) is 0 Å². The van der Waals surface area contributed by atoms with Crippen LogP contribution in [0.3, 0.4) is 0 Å². The van der Waals surface area contributed by atoms with Crippen LogP contribution in [0.4, 0.5) is 0 Å². The lowest BCUT2D eigenvalue weighted by atomic mass is 9.77. The first-order valence-corrected chi connectivity index (χ1v) is 8.64. The number of fused-ring (bicyclic) bond motifs is 2. The third-order valence-corrected chi connectivity index (χ3v) is 6.27. The molecule has 0 unspecified atom stereocenters. The molecule has 0 spiro atoms. The van der Waals surface area contributed by atoms with Crippen molar-refractivity contribution in [1.82, 2.24) is 5.32 Å². The molecule has 21 heavy (non-hydrogen) atoms. The molecule has 4 rings (SSSR count). The molecule has 2 heteroatoms. The third-order valence-electron chi connectivity index (χ3n) is 6.27. The Morgan fingerprint density at radius 1 is 1.05 bits per heavy atom. The van der Waals surface area contributed by atoms with Crippen LogP contribution in [0.2, 0.25) is 0 Å². The molecule has 1 N–H and O–H groups in total. The van der Waals surface area contributed by atoms with E-state index in [9.17, 15) is 4.79 Å². The van der Waals surface area contributed by atoms with E-state index in [1.807, 2.05) is 6.07 Å². The van der Waals surface area contributed by atoms with Crippen LogP contribution in [0.5, 0.6) is 0 Å². The van der Waals surface area contributed by atoms with Gasteiger partial charge in [-0.15, -0.1) is 0 Å². The molecule has 0 aromatic heterocycles. The predicted octanol–water partition coefficient (Wildman–Crippen LogP) is 3.80. The number of rotatable bonds is 3. The number of nitrogens with one attached hydrogen (secondary N) is 1. The van der Waals surface area contributed by atoms with Crippen LogP contribution in [-0.2, 0) is 10.2 Å². The molecule has 1 amide bonds. The number of amides is 1. The summed E-state index contributed by atoms with van der Waals surface area (Å²) in [5, 5.41) is 3.45. The molecule has 2 nitrogen and oxygen atoms in total. The maximum Gasteiger partial charge on any atom is 0.230 e. The standard InChI is InChI=1S/C19H25NO/c21-18(20-17-13-14-8-9-15(17)12-14)19(10-4-5-11-19)16-6-2-1-3-7-16/h1-3,6-7,14-15,17H,4-5,8-13H2,(H,20,21)/t14-,15+,17-/m0/s1. The van der Waals surface area contributed by atoms with E-state index >= 15 is 0 Å². The average molecular weight is 283 g/mol. The molecule has 0 aliphatic heterocycles. The summed E-state index contributed by atoms with van der Waals surface area (Å²) in [7, 11) is 0. The van der Waals surface area contributed by atoms with Crippen molar-refractivity contribution in [2.45, 2.75) is 62.8 Å². The zero-order valence-electron chi connectivity index (χ0n) is 12.7. The quantitative estimate of drug-likeness (QED) is 0.898. The molecule has 0 radical (unpaired) electrons. The second kappa shape index (κ2) is 5.15. The van der Waals surface area contributed by atoms with E-state index in [-0.39, 0.29) is 5.41 Å². The minimum atomic E-state index is -0.247. The lowest BCUT2D eigenvalue weighted by Gasteiger charge is -2.32. The van der Waals surface area contributed by atoms with Crippen LogP contribution in [-0.4, -0.2) is 11.9 Å². The van der Waals surface area contributed by atoms with Crippen molar-refractivity contribution in [2.24, 2.45) is 11.8 Å². The van der Waals surface area contributed by atoms with Crippen molar-refractivity contribution in [3.05, 3.63) is 35.9 Å². The molecule has 2 bridgehead atoms. The second-order valence-corrected chi connectivity index (χ2v) is 7.41. The fourth-order valence-corrected chi connectivity index (χ4v) is 5.11. The molecule has 1 aromatic carbocycles. The first kappa shape index (κ1) is 13.4. The lowest BCUT2D eigenvalue weighted by Crippen LogP contribution is -2.48. The summed E-state index contributed by atoms with van der Waals surface area (Å²) in [6.45, 7) is 0. The highest BCUT2D eigenvalue weighted by Crippen LogP contribution is 2.46. The largest absolute Gasteiger partial charge is 0.352 e. The maximum absolute atomic E-state index is 13.1. The van der Waals surface area contributed by atoms with E-state index in [2.05, 4.69) is 29.6 Å². The van der Waals surface area contributed by atoms with E-state index in [1.165, 1.54) is 44.1 Å². The summed E-state index contributed by atoms with van der Waals surface area (Å²) in [5.74, 6) is 1.95. The summed E-state index contributed by atoms with van der Waals surface area (Å²) < 4.78 is 0. The number of carbonyl (C=O) groups excluding carboxylic acids is 1. The molecule has 3 aliphatic rings. The highest BCUT2D eigenvalue weighted by molar-refractivity contribution is 5.88. The van der Waals surface area contributed by atoms with Gasteiger partial charge >= 0.3 is 0 Å². The van der Waals surface area contributed by atoms with E-state index < -0.39 is 0 Å². The van der Waals surface area contributed by atoms with Crippen molar-refractivity contribution < 1.29 is 4.79 Å². The average Bonchev–Trinajstić information content (AvgIpc) is 3.25. The lowest BCUT2D eigenvalue weighted by molar-refractivity contribution is -0.127. The highest BCUT2D eigenvalue weighted by atomic mass is 16.2. The van der Waals surface area contributed by atoms with Gasteiger partial charge in [0, 0.05) is 6.04 Å². The Morgan fingerprint density at radius 3 is 2.43 bits per heavy atom. The monoisotopic (exact) mass is 283 g/mol. The maximum atomic E-state index is 13.1. The van der Waals surface area contributed by atoms with Crippen LogP contribution in [0.25, 0.3) is 0 Å². The molecule has 3 atom stereocenters. The number of carbonyl (C=O) groups is 1. The van der Waals surface area contributed by atoms with Gasteiger partial charge in [-0.2, -0.15) is 0 Å². The zero-order chi connectivity index (χ0) is 14.3. The van der Waals surface area contributed by atoms with Crippen molar-refractivity contribution in [2.75, 3.05) is 0 Å². The van der Waals surface area contributed by atoms with Gasteiger partial charge in [-0.1, -0.05) is 49.6 Å². The molecule has 1 aromatic rings. The molecule has 0 heterocycles. The topological polar surface area (TPSA) is 29.1 Å². The molecule has 3 saturated carbocycles. The Hall–Kier alpha value is -1.31. The van der Waals surface area contributed by atoms with Gasteiger partial charge in [-0.25, -0.2) is 0 Å². The van der Waals surface area contributed by atoms with Gasteiger partial charge in [-0.3, -0.25) is 4.79 Å². The minimum Gasteiger partial charge on any atom is -0.352 e. The van der Waals surface area contributed by atoms with Crippen LogP contribution in [0.1, 0.15) is 56.9 Å². The van der Waals surface area contributed by atoms with Gasteiger partial charge in [0.2, 0.25) is 5.91 Å². The summed E-state index contributed by atoms with van der Waals surface area (Å²) in [5.41, 5.74) is 0.978. The Kier molecular flexibility index (Phi) is 3.28. The summed E-state index contributed by atoms with van der Waals surface area (Å²) >= 11 is 0. The zero-order valence-corrected chi connectivity index (χ0v) is 12.7. The molecular weight excluding hydrogens is 258 g/mol. The van der Waals surface area contributed by atoms with E-state index in [1.54, 1.807) is 0 Å². The summed E-state index contributed by atoms with van der Waals surface area (Å²) in [6.07, 6.45) is 9.69. The van der Waals surface area contributed by atoms with Gasteiger partial charge in [-0.05, 0) is 49.5 Å². The van der Waals surface area contributed by atoms with E-state index in [4.69, 9.17) is 0 Å². The highest BCUT2D eigenvalue weighted by Gasteiger charge is 2.46. The molecule has 112 valence electrons. The second-order valence-electron chi connectivity index (χ2n) is 7.41. The number of hydrogen-bond acceptors (Lipinski definition) is 1. The number of hydrogen-bond donors (Lipinski definition) is 1. The summed E-state index contributed by atoms with van der Waals surface area (Å²) in [4.78, 5) is 13.1. The van der Waals surface area contributed by atoms with Gasteiger partial charge < -0.3 is 5.32 Å². The first-order valence-electron chi connectivity index (χ1n) is 8.64. The van der Waals surface area contributed by atoms with Crippen molar-refractivity contribution >= 4 is 5.91 Å². The van der Waals surface area contributed by atoms with Crippen molar-refractivity contribution in [3.63, 3.8) is 0 Å². The summed E-state index contributed by atoms with van der Waals surface area (Å²) in [6, 6.07) is 10.9. The van der Waals surface area contributed by atoms with Crippen molar-refractivity contribution in [1.29, 1.82) is 0 Å². The Labute approximate surface area is 127 Å². The predicted molar refractivity (Wildman–Crippen MR) is 84.0 cm³/mol. The number of benzene rings is 1. The van der Waals surface area contributed by atoms with Crippen LogP contribution in [0.15, 0.2) is 30.3 Å². The normalized spacial score (nSPS) is 33.2. The Morgan fingerprint density at radius 2 is 1.81 bits per heavy atom. The third kappa shape index (κ3) is 2.20. The van der Waals surface area contributed by atoms with E-state index in [0.717, 1.165) is 24.7 Å². The van der Waals surface area contributed by atoms with E-state index in [0.29, 0.717) is 11.9 Å². The van der Waals surface area contributed by atoms with Gasteiger partial charge in [0.1, 0.15) is 0 Å². The van der Waals surface area contributed by atoms with Crippen LogP contribution >= 0.6 is 0 Å². The van der Waals surface area contributed by atoms with Crippen LogP contribution in [0, 0.1) is 11.8 Å². The van der Waals surface area contributed by atoms with Crippen molar-refractivity contribution in [3.8, 4) is 0 Å². The van der Waals surface area contributed by atoms with Gasteiger partial charge in [0.05, 0.1) is 5.41 Å². The molecular formula is C19H25NO. The van der Waals surface area contributed by atoms with Gasteiger partial charge in [0.15, 0.2) is 0 Å².